The molecule has 0 unspecified atom stereocenters. The summed E-state index contributed by atoms with van der Waals surface area (Å²) in [4.78, 5) is 21.3. The Morgan fingerprint density at radius 1 is 1.16 bits per heavy atom. The zero-order valence-corrected chi connectivity index (χ0v) is 10.2. The number of rotatable bonds is 3. The highest BCUT2D eigenvalue weighted by Gasteiger charge is 2.15. The lowest BCUT2D eigenvalue weighted by Crippen LogP contribution is -1.96. The molecule has 0 aliphatic rings. The number of nitro groups is 1. The van der Waals surface area contributed by atoms with Crippen molar-refractivity contribution in [3.8, 4) is 11.1 Å². The second kappa shape index (κ2) is 4.89. The molecule has 0 heterocycles. The van der Waals surface area contributed by atoms with Crippen LogP contribution in [-0.4, -0.2) is 16.0 Å². The fourth-order valence-electron chi connectivity index (χ4n) is 1.83. The second-order valence-corrected chi connectivity index (χ2v) is 4.16. The van der Waals surface area contributed by atoms with Gasteiger partial charge in [0.25, 0.3) is 5.69 Å². The summed E-state index contributed by atoms with van der Waals surface area (Å²) < 4.78 is 0. The monoisotopic (exact) mass is 257 g/mol. The molecule has 0 bridgehead atoms. The molecule has 0 aromatic heterocycles. The third-order valence-electron chi connectivity index (χ3n) is 2.79. The van der Waals surface area contributed by atoms with E-state index in [2.05, 4.69) is 0 Å². The number of hydrogen-bond donors (Lipinski definition) is 1. The smallest absolute Gasteiger partial charge is 0.335 e. The van der Waals surface area contributed by atoms with Crippen LogP contribution in [0.5, 0.6) is 0 Å². The van der Waals surface area contributed by atoms with Gasteiger partial charge < -0.3 is 5.11 Å². The largest absolute Gasteiger partial charge is 0.478 e. The van der Waals surface area contributed by atoms with E-state index in [-0.39, 0.29) is 11.3 Å². The van der Waals surface area contributed by atoms with Gasteiger partial charge >= 0.3 is 5.97 Å². The summed E-state index contributed by atoms with van der Waals surface area (Å²) in [5, 5.41) is 19.8. The Morgan fingerprint density at radius 3 is 2.32 bits per heavy atom. The summed E-state index contributed by atoms with van der Waals surface area (Å²) in [6, 6.07) is 10.9. The second-order valence-electron chi connectivity index (χ2n) is 4.16. The van der Waals surface area contributed by atoms with Gasteiger partial charge in [-0.05, 0) is 30.7 Å². The molecule has 5 nitrogen and oxygen atoms in total. The van der Waals surface area contributed by atoms with E-state index in [1.807, 2.05) is 6.92 Å². The number of aryl methyl sites for hydroxylation is 1. The van der Waals surface area contributed by atoms with E-state index in [4.69, 9.17) is 5.11 Å². The Labute approximate surface area is 109 Å². The molecule has 2 aromatic carbocycles. The van der Waals surface area contributed by atoms with E-state index in [1.165, 1.54) is 18.2 Å². The lowest BCUT2D eigenvalue weighted by Gasteiger charge is -2.05. The fraction of sp³-hybridized carbons (Fsp3) is 0.0714. The van der Waals surface area contributed by atoms with Crippen LogP contribution in [-0.2, 0) is 0 Å². The molecule has 19 heavy (non-hydrogen) atoms. The first kappa shape index (κ1) is 12.8. The molecule has 0 amide bonds. The van der Waals surface area contributed by atoms with Crippen LogP contribution in [0.25, 0.3) is 11.1 Å². The maximum atomic E-state index is 11.0. The number of nitro benzene ring substituents is 1. The Hall–Kier alpha value is -2.69. The molecule has 0 radical (unpaired) electrons. The first-order valence-electron chi connectivity index (χ1n) is 5.58. The van der Waals surface area contributed by atoms with Crippen molar-refractivity contribution in [2.75, 3.05) is 0 Å². The number of carboxylic acid groups (broad SMARTS) is 1. The van der Waals surface area contributed by atoms with Crippen LogP contribution >= 0.6 is 0 Å². The number of nitrogens with zero attached hydrogens (tertiary/aromatic N) is 1. The summed E-state index contributed by atoms with van der Waals surface area (Å²) in [5.41, 5.74) is 2.18. The highest BCUT2D eigenvalue weighted by Crippen LogP contribution is 2.30. The lowest BCUT2D eigenvalue weighted by molar-refractivity contribution is -0.384. The molecule has 0 atom stereocenters. The minimum atomic E-state index is -1.02. The molecule has 2 aromatic rings. The molecule has 5 heteroatoms. The molecular weight excluding hydrogens is 246 g/mol. The van der Waals surface area contributed by atoms with Crippen LogP contribution in [0.2, 0.25) is 0 Å². The van der Waals surface area contributed by atoms with Crippen LogP contribution in [0.4, 0.5) is 5.69 Å². The van der Waals surface area contributed by atoms with Crippen molar-refractivity contribution in [3.63, 3.8) is 0 Å². The standard InChI is InChI=1S/C14H11NO4/c1-9-2-7-13(15(18)19)12(8-9)10-3-5-11(6-4-10)14(16)17/h2-8H,1H3,(H,16,17). The van der Waals surface area contributed by atoms with Gasteiger partial charge in [-0.1, -0.05) is 23.8 Å². The van der Waals surface area contributed by atoms with E-state index in [9.17, 15) is 14.9 Å². The molecule has 0 fully saturated rings. The minimum absolute atomic E-state index is 0.00803. The van der Waals surface area contributed by atoms with Gasteiger partial charge in [-0.25, -0.2) is 4.79 Å². The van der Waals surface area contributed by atoms with E-state index < -0.39 is 10.9 Å². The maximum Gasteiger partial charge on any atom is 0.335 e. The Balaban J connectivity index is 2.54. The van der Waals surface area contributed by atoms with Gasteiger partial charge in [0.15, 0.2) is 0 Å². The van der Waals surface area contributed by atoms with E-state index in [1.54, 1.807) is 24.3 Å². The fourth-order valence-corrected chi connectivity index (χ4v) is 1.83. The van der Waals surface area contributed by atoms with Crippen LogP contribution in [0.3, 0.4) is 0 Å². The topological polar surface area (TPSA) is 80.4 Å². The first-order valence-corrected chi connectivity index (χ1v) is 5.58. The number of benzene rings is 2. The lowest BCUT2D eigenvalue weighted by atomic mass is 10.0. The highest BCUT2D eigenvalue weighted by atomic mass is 16.6. The van der Waals surface area contributed by atoms with Crippen molar-refractivity contribution in [2.24, 2.45) is 0 Å². The van der Waals surface area contributed by atoms with Crippen molar-refractivity contribution in [1.82, 2.24) is 0 Å². The van der Waals surface area contributed by atoms with Crippen LogP contribution in [0, 0.1) is 17.0 Å². The molecule has 0 saturated carbocycles. The molecule has 0 saturated heterocycles. The van der Waals surface area contributed by atoms with Crippen molar-refractivity contribution >= 4 is 11.7 Å². The number of carbonyl (C=O) groups is 1. The molecule has 96 valence electrons. The first-order chi connectivity index (χ1) is 8.99. The third-order valence-corrected chi connectivity index (χ3v) is 2.79. The average Bonchev–Trinajstić information content (AvgIpc) is 2.38. The quantitative estimate of drug-likeness (QED) is 0.675. The summed E-state index contributed by atoms with van der Waals surface area (Å²) in [6.45, 7) is 1.85. The van der Waals surface area contributed by atoms with Crippen molar-refractivity contribution in [3.05, 3.63) is 63.7 Å². The zero-order valence-electron chi connectivity index (χ0n) is 10.2. The third kappa shape index (κ3) is 2.60. The average molecular weight is 257 g/mol. The molecular formula is C14H11NO4. The summed E-state index contributed by atoms with van der Waals surface area (Å²) >= 11 is 0. The van der Waals surface area contributed by atoms with Crippen molar-refractivity contribution < 1.29 is 14.8 Å². The predicted octanol–water partition coefficient (Wildman–Crippen LogP) is 3.27. The van der Waals surface area contributed by atoms with Crippen LogP contribution in [0.1, 0.15) is 15.9 Å². The van der Waals surface area contributed by atoms with Crippen molar-refractivity contribution in [2.45, 2.75) is 6.92 Å². The number of carboxylic acids is 1. The molecule has 0 aliphatic heterocycles. The summed E-state index contributed by atoms with van der Waals surface area (Å²) in [6.07, 6.45) is 0. The Kier molecular flexibility index (Phi) is 3.29. The van der Waals surface area contributed by atoms with E-state index in [0.29, 0.717) is 11.1 Å². The van der Waals surface area contributed by atoms with Crippen LogP contribution < -0.4 is 0 Å². The number of aromatic carboxylic acids is 1. The summed E-state index contributed by atoms with van der Waals surface area (Å²) in [5.74, 6) is -1.02. The molecule has 0 spiro atoms. The normalized spacial score (nSPS) is 10.2. The zero-order chi connectivity index (χ0) is 14.0. The molecule has 0 aliphatic carbocycles. The summed E-state index contributed by atoms with van der Waals surface area (Å²) in [7, 11) is 0. The Morgan fingerprint density at radius 2 is 1.79 bits per heavy atom. The highest BCUT2D eigenvalue weighted by molar-refractivity contribution is 5.88. The van der Waals surface area contributed by atoms with Gasteiger partial charge in [-0.3, -0.25) is 10.1 Å². The van der Waals surface area contributed by atoms with Gasteiger partial charge in [0.2, 0.25) is 0 Å². The van der Waals surface area contributed by atoms with E-state index >= 15 is 0 Å². The maximum absolute atomic E-state index is 11.0. The van der Waals surface area contributed by atoms with E-state index in [0.717, 1.165) is 5.56 Å². The van der Waals surface area contributed by atoms with Gasteiger partial charge in [0.05, 0.1) is 16.1 Å². The van der Waals surface area contributed by atoms with Crippen LogP contribution in [0.15, 0.2) is 42.5 Å². The Bertz CT molecular complexity index is 647. The van der Waals surface area contributed by atoms with Crippen molar-refractivity contribution in [1.29, 1.82) is 0 Å². The molecule has 1 N–H and O–H groups in total. The van der Waals surface area contributed by atoms with Gasteiger partial charge in [-0.15, -0.1) is 0 Å². The minimum Gasteiger partial charge on any atom is -0.478 e. The number of hydrogen-bond acceptors (Lipinski definition) is 3. The predicted molar refractivity (Wildman–Crippen MR) is 70.2 cm³/mol. The van der Waals surface area contributed by atoms with Gasteiger partial charge in [0.1, 0.15) is 0 Å². The SMILES string of the molecule is Cc1ccc([N+](=O)[O-])c(-c2ccc(C(=O)O)cc2)c1. The molecule has 2 rings (SSSR count). The van der Waals surface area contributed by atoms with Gasteiger partial charge in [0, 0.05) is 6.07 Å². The van der Waals surface area contributed by atoms with Gasteiger partial charge in [-0.2, -0.15) is 0 Å².